The molecule has 0 aromatic heterocycles. The van der Waals surface area contributed by atoms with E-state index in [1.165, 1.54) is 0 Å². The van der Waals surface area contributed by atoms with E-state index in [9.17, 15) is 0 Å². The van der Waals surface area contributed by atoms with Crippen LogP contribution in [0.4, 0.5) is 11.4 Å². The summed E-state index contributed by atoms with van der Waals surface area (Å²) in [7, 11) is 1.94. The lowest BCUT2D eigenvalue weighted by molar-refractivity contribution is 0.133. The molecule has 0 saturated heterocycles. The maximum Gasteiger partial charge on any atom is 0.142 e. The second-order valence-electron chi connectivity index (χ2n) is 3.05. The Morgan fingerprint density at radius 1 is 1.57 bits per heavy atom. The van der Waals surface area contributed by atoms with Crippen LogP contribution in [0, 0.1) is 0 Å². The predicted molar refractivity (Wildman–Crippen MR) is 55.9 cm³/mol. The molecule has 5 nitrogen and oxygen atoms in total. The minimum absolute atomic E-state index is 0.447. The summed E-state index contributed by atoms with van der Waals surface area (Å²) in [5.41, 5.74) is 9.22. The molecule has 0 radical (unpaired) electrons. The van der Waals surface area contributed by atoms with Crippen LogP contribution in [0.25, 0.3) is 0 Å². The van der Waals surface area contributed by atoms with Crippen molar-refractivity contribution in [3.63, 3.8) is 0 Å². The summed E-state index contributed by atoms with van der Waals surface area (Å²) in [4.78, 5) is 4.86. The number of oxime groups is 1. The third-order valence-electron chi connectivity index (χ3n) is 2.10. The topological polar surface area (TPSA) is 48.9 Å². The highest BCUT2D eigenvalue weighted by Crippen LogP contribution is 2.28. The zero-order chi connectivity index (χ0) is 9.97. The van der Waals surface area contributed by atoms with Crippen LogP contribution in [0.5, 0.6) is 0 Å². The van der Waals surface area contributed by atoms with Crippen molar-refractivity contribution < 1.29 is 4.84 Å². The van der Waals surface area contributed by atoms with E-state index in [1.807, 2.05) is 30.3 Å². The molecule has 0 fully saturated rings. The standard InChI is InChI=1S/C9H12N4O/c1-10-14-6-7-3-4-9-8(5-7)11-12-13(9)2/h3-5,11-12H,1,6H2,2H3. The van der Waals surface area contributed by atoms with Crippen LogP contribution in [0.3, 0.4) is 0 Å². The van der Waals surface area contributed by atoms with E-state index in [0.29, 0.717) is 6.61 Å². The molecule has 0 unspecified atom stereocenters. The Bertz CT molecular complexity index is 353. The Morgan fingerprint density at radius 3 is 3.21 bits per heavy atom. The van der Waals surface area contributed by atoms with Gasteiger partial charge in [0.2, 0.25) is 0 Å². The fraction of sp³-hybridized carbons (Fsp3) is 0.222. The molecule has 1 heterocycles. The van der Waals surface area contributed by atoms with Gasteiger partial charge >= 0.3 is 0 Å². The van der Waals surface area contributed by atoms with Crippen molar-refractivity contribution >= 4 is 18.1 Å². The number of hydrazine groups is 2. The van der Waals surface area contributed by atoms with Gasteiger partial charge in [0.1, 0.15) is 6.61 Å². The fourth-order valence-electron chi connectivity index (χ4n) is 1.39. The number of hydrogen-bond acceptors (Lipinski definition) is 5. The number of hydrogen-bond donors (Lipinski definition) is 2. The average Bonchev–Trinajstić information content (AvgIpc) is 2.57. The van der Waals surface area contributed by atoms with Crippen LogP contribution in [-0.4, -0.2) is 13.8 Å². The molecule has 2 N–H and O–H groups in total. The Morgan fingerprint density at radius 2 is 2.43 bits per heavy atom. The average molecular weight is 192 g/mol. The summed E-state index contributed by atoms with van der Waals surface area (Å²) >= 11 is 0. The fourth-order valence-corrected chi connectivity index (χ4v) is 1.39. The van der Waals surface area contributed by atoms with Gasteiger partial charge < -0.3 is 10.3 Å². The van der Waals surface area contributed by atoms with Gasteiger partial charge in [0.25, 0.3) is 0 Å². The number of benzene rings is 1. The van der Waals surface area contributed by atoms with Crippen molar-refractivity contribution in [1.82, 2.24) is 5.53 Å². The van der Waals surface area contributed by atoms with Crippen LogP contribution in [0.2, 0.25) is 0 Å². The van der Waals surface area contributed by atoms with Crippen molar-refractivity contribution in [3.05, 3.63) is 23.8 Å². The van der Waals surface area contributed by atoms with Crippen molar-refractivity contribution in [3.8, 4) is 0 Å². The zero-order valence-electron chi connectivity index (χ0n) is 7.95. The van der Waals surface area contributed by atoms with Gasteiger partial charge in [-0.3, -0.25) is 5.01 Å². The molecule has 1 aromatic carbocycles. The van der Waals surface area contributed by atoms with Crippen LogP contribution in [0.15, 0.2) is 23.4 Å². The lowest BCUT2D eigenvalue weighted by Crippen LogP contribution is -2.31. The number of nitrogens with zero attached hydrogens (tertiary/aromatic N) is 2. The van der Waals surface area contributed by atoms with Gasteiger partial charge in [0.15, 0.2) is 0 Å². The van der Waals surface area contributed by atoms with Gasteiger partial charge in [-0.05, 0) is 17.7 Å². The van der Waals surface area contributed by atoms with Gasteiger partial charge in [-0.2, -0.15) is 0 Å². The summed E-state index contributed by atoms with van der Waals surface area (Å²) < 4.78 is 0. The lowest BCUT2D eigenvalue weighted by atomic mass is 10.2. The molecule has 0 bridgehead atoms. The monoisotopic (exact) mass is 192 g/mol. The minimum Gasteiger partial charge on any atom is -0.391 e. The van der Waals surface area contributed by atoms with E-state index in [0.717, 1.165) is 16.9 Å². The Kier molecular flexibility index (Phi) is 2.24. The van der Waals surface area contributed by atoms with Crippen LogP contribution in [-0.2, 0) is 11.4 Å². The maximum absolute atomic E-state index is 4.86. The Balaban J connectivity index is 2.19. The quantitative estimate of drug-likeness (QED) is 0.556. The molecule has 1 aromatic rings. The van der Waals surface area contributed by atoms with Crippen molar-refractivity contribution in [1.29, 1.82) is 0 Å². The molecule has 2 rings (SSSR count). The van der Waals surface area contributed by atoms with Gasteiger partial charge in [0, 0.05) is 13.8 Å². The van der Waals surface area contributed by atoms with Gasteiger partial charge in [-0.15, -0.1) is 10.7 Å². The minimum atomic E-state index is 0.447. The molecular formula is C9H12N4O. The molecule has 5 heteroatoms. The highest BCUT2D eigenvalue weighted by Gasteiger charge is 2.14. The lowest BCUT2D eigenvalue weighted by Gasteiger charge is -2.09. The first kappa shape index (κ1) is 8.83. The second-order valence-corrected chi connectivity index (χ2v) is 3.05. The van der Waals surface area contributed by atoms with E-state index in [-0.39, 0.29) is 0 Å². The van der Waals surface area contributed by atoms with Crippen LogP contribution >= 0.6 is 0 Å². The molecule has 1 aliphatic heterocycles. The third kappa shape index (κ3) is 1.49. The molecule has 0 saturated carbocycles. The molecule has 0 spiro atoms. The maximum atomic E-state index is 4.86. The predicted octanol–water partition coefficient (Wildman–Crippen LogP) is 1.10. The van der Waals surface area contributed by atoms with E-state index in [4.69, 9.17) is 4.84 Å². The smallest absolute Gasteiger partial charge is 0.142 e. The van der Waals surface area contributed by atoms with E-state index in [2.05, 4.69) is 22.8 Å². The van der Waals surface area contributed by atoms with Crippen molar-refractivity contribution in [2.75, 3.05) is 17.5 Å². The van der Waals surface area contributed by atoms with Crippen molar-refractivity contribution in [2.24, 2.45) is 5.16 Å². The van der Waals surface area contributed by atoms with E-state index in [1.54, 1.807) is 0 Å². The van der Waals surface area contributed by atoms with Gasteiger partial charge in [0.05, 0.1) is 11.4 Å². The molecular weight excluding hydrogens is 180 g/mol. The molecule has 1 aliphatic rings. The van der Waals surface area contributed by atoms with Crippen LogP contribution in [0.1, 0.15) is 5.56 Å². The summed E-state index contributed by atoms with van der Waals surface area (Å²) in [6.45, 7) is 3.70. The summed E-state index contributed by atoms with van der Waals surface area (Å²) in [5.74, 6) is 0. The van der Waals surface area contributed by atoms with Crippen molar-refractivity contribution in [2.45, 2.75) is 6.61 Å². The first-order valence-corrected chi connectivity index (χ1v) is 4.27. The molecule has 0 aliphatic carbocycles. The summed E-state index contributed by atoms with van der Waals surface area (Å²) in [6.07, 6.45) is 0. The highest BCUT2D eigenvalue weighted by molar-refractivity contribution is 5.73. The number of fused-ring (bicyclic) bond motifs is 1. The zero-order valence-corrected chi connectivity index (χ0v) is 7.95. The van der Waals surface area contributed by atoms with Gasteiger partial charge in [-0.25, -0.2) is 0 Å². The molecule has 0 amide bonds. The van der Waals surface area contributed by atoms with E-state index >= 15 is 0 Å². The SMILES string of the molecule is C=NOCc1ccc2c(c1)NNN2C. The third-order valence-corrected chi connectivity index (χ3v) is 2.10. The van der Waals surface area contributed by atoms with Crippen LogP contribution < -0.4 is 16.0 Å². The Labute approximate surface area is 82.3 Å². The molecule has 74 valence electrons. The normalized spacial score (nSPS) is 13.4. The first-order valence-electron chi connectivity index (χ1n) is 4.27. The molecule has 14 heavy (non-hydrogen) atoms. The van der Waals surface area contributed by atoms with Gasteiger partial charge in [-0.1, -0.05) is 6.07 Å². The molecule has 0 atom stereocenters. The second kappa shape index (κ2) is 3.55. The summed E-state index contributed by atoms with van der Waals surface area (Å²) in [6, 6.07) is 6.02. The number of rotatable bonds is 3. The van der Waals surface area contributed by atoms with E-state index < -0.39 is 0 Å². The largest absolute Gasteiger partial charge is 0.391 e. The number of nitrogens with one attached hydrogen (secondary N) is 2. The summed E-state index contributed by atoms with van der Waals surface area (Å²) in [5, 5.41) is 5.25. The first-order chi connectivity index (χ1) is 6.81. The Hall–Kier alpha value is -1.75. The highest BCUT2D eigenvalue weighted by atomic mass is 16.6. The number of anilines is 2.